The highest BCUT2D eigenvalue weighted by Crippen LogP contribution is 2.39. The van der Waals surface area contributed by atoms with Crippen molar-refractivity contribution in [2.75, 3.05) is 0 Å². The molecule has 3 aromatic heterocycles. The van der Waals surface area contributed by atoms with Crippen molar-refractivity contribution in [2.45, 2.75) is 25.3 Å². The molecular formula is C25H21FN6O3S. The van der Waals surface area contributed by atoms with E-state index in [4.69, 9.17) is 9.66 Å². The predicted octanol–water partition coefficient (Wildman–Crippen LogP) is 4.11. The van der Waals surface area contributed by atoms with E-state index in [1.54, 1.807) is 32.2 Å². The molecule has 0 aliphatic heterocycles. The Balaban J connectivity index is 1.58. The van der Waals surface area contributed by atoms with Crippen LogP contribution in [0.1, 0.15) is 16.8 Å². The lowest BCUT2D eigenvalue weighted by atomic mass is 9.98. The topological polar surface area (TPSA) is 130 Å². The van der Waals surface area contributed by atoms with Gasteiger partial charge in [0.05, 0.1) is 28.9 Å². The summed E-state index contributed by atoms with van der Waals surface area (Å²) in [6, 6.07) is 15.5. The minimum Gasteiger partial charge on any atom is -0.353 e. The minimum absolute atomic E-state index is 0.00957. The van der Waals surface area contributed by atoms with Gasteiger partial charge < -0.3 is 4.52 Å². The molecule has 2 N–H and O–H groups in total. The Morgan fingerprint density at radius 3 is 2.44 bits per heavy atom. The lowest BCUT2D eigenvalue weighted by Gasteiger charge is -2.07. The number of primary sulfonamides is 1. The molecule has 11 heteroatoms. The number of hydrogen-bond donors (Lipinski definition) is 1. The summed E-state index contributed by atoms with van der Waals surface area (Å²) >= 11 is 0. The van der Waals surface area contributed by atoms with E-state index >= 15 is 0 Å². The Labute approximate surface area is 206 Å². The van der Waals surface area contributed by atoms with Crippen LogP contribution in [0.25, 0.3) is 33.8 Å². The number of benzene rings is 2. The summed E-state index contributed by atoms with van der Waals surface area (Å²) in [5.41, 5.74) is 4.51. The molecule has 0 saturated heterocycles. The van der Waals surface area contributed by atoms with Crippen molar-refractivity contribution in [1.82, 2.24) is 25.1 Å². The average molecular weight is 504 g/mol. The summed E-state index contributed by atoms with van der Waals surface area (Å²) in [7, 11) is -3.85. The minimum atomic E-state index is -3.85. The number of sulfonamides is 1. The molecule has 0 fully saturated rings. The first-order chi connectivity index (χ1) is 17.2. The van der Waals surface area contributed by atoms with Crippen molar-refractivity contribution in [2.24, 2.45) is 5.14 Å². The fourth-order valence-electron chi connectivity index (χ4n) is 3.88. The van der Waals surface area contributed by atoms with Gasteiger partial charge in [-0.15, -0.1) is 5.10 Å². The SMILES string of the molecule is Cc1cnc(Cn2cc(-c3onc(-c4ccccc4)c3-c3ccc(S(N)(=O)=O)cc3)nn2)c(C)c1[18F]. The third kappa shape index (κ3) is 4.41. The second-order valence-electron chi connectivity index (χ2n) is 8.30. The van der Waals surface area contributed by atoms with Crippen LogP contribution in [0.3, 0.4) is 0 Å². The molecule has 2 aromatic carbocycles. The van der Waals surface area contributed by atoms with Crippen LogP contribution in [0.4, 0.5) is 4.39 Å². The van der Waals surface area contributed by atoms with Gasteiger partial charge in [-0.05, 0) is 31.5 Å². The van der Waals surface area contributed by atoms with E-state index in [1.807, 2.05) is 30.3 Å². The van der Waals surface area contributed by atoms with Crippen LogP contribution in [0, 0.1) is 19.7 Å². The van der Waals surface area contributed by atoms with E-state index in [0.29, 0.717) is 45.1 Å². The van der Waals surface area contributed by atoms with Crippen LogP contribution >= 0.6 is 0 Å². The number of nitrogens with zero attached hydrogens (tertiary/aromatic N) is 5. The number of nitrogens with two attached hydrogens (primary N) is 1. The standard InChI is InChI=1S/C25H21FN6O3S/c1-15-12-28-20(16(2)23(15)26)13-32-14-21(29-31-32)25-22(17-8-10-19(11-9-17)36(27,33)34)24(30-35-25)18-6-4-3-5-7-18/h3-12,14H,13H2,1-2H3,(H2,27,33,34)/i26-1. The number of aryl methyl sites for hydroxylation is 1. The maximum Gasteiger partial charge on any atom is 0.238 e. The van der Waals surface area contributed by atoms with Gasteiger partial charge in [0, 0.05) is 22.9 Å². The summed E-state index contributed by atoms with van der Waals surface area (Å²) in [5, 5.41) is 17.9. The van der Waals surface area contributed by atoms with Gasteiger partial charge in [-0.1, -0.05) is 52.8 Å². The number of pyridine rings is 1. The van der Waals surface area contributed by atoms with Gasteiger partial charge in [-0.3, -0.25) is 4.98 Å². The third-order valence-electron chi connectivity index (χ3n) is 5.82. The smallest absolute Gasteiger partial charge is 0.238 e. The van der Waals surface area contributed by atoms with Gasteiger partial charge in [0.15, 0.2) is 11.5 Å². The first kappa shape index (κ1) is 23.5. The van der Waals surface area contributed by atoms with Gasteiger partial charge in [-0.2, -0.15) is 0 Å². The molecule has 0 saturated carbocycles. The first-order valence-electron chi connectivity index (χ1n) is 10.9. The zero-order valence-corrected chi connectivity index (χ0v) is 20.2. The van der Waals surface area contributed by atoms with Gasteiger partial charge in [0.1, 0.15) is 11.5 Å². The molecule has 9 nitrogen and oxygen atoms in total. The second kappa shape index (κ2) is 9.10. The van der Waals surface area contributed by atoms with Gasteiger partial charge in [-0.25, -0.2) is 22.6 Å². The molecule has 0 spiro atoms. The van der Waals surface area contributed by atoms with E-state index in [0.717, 1.165) is 5.56 Å². The van der Waals surface area contributed by atoms with Crippen molar-refractivity contribution in [3.63, 3.8) is 0 Å². The zero-order chi connectivity index (χ0) is 25.4. The lowest BCUT2D eigenvalue weighted by molar-refractivity contribution is 0.434. The first-order valence-corrected chi connectivity index (χ1v) is 12.5. The summed E-state index contributed by atoms with van der Waals surface area (Å²) in [6.07, 6.45) is 3.15. The van der Waals surface area contributed by atoms with Crippen LogP contribution in [0.15, 0.2) is 76.4 Å². The van der Waals surface area contributed by atoms with Crippen molar-refractivity contribution in [3.05, 3.63) is 89.6 Å². The molecule has 5 rings (SSSR count). The fourth-order valence-corrected chi connectivity index (χ4v) is 4.40. The molecule has 0 amide bonds. The number of aromatic nitrogens is 5. The van der Waals surface area contributed by atoms with Gasteiger partial charge in [0.25, 0.3) is 0 Å². The fraction of sp³-hybridized carbons (Fsp3) is 0.120. The Bertz CT molecular complexity index is 1660. The van der Waals surface area contributed by atoms with Crippen molar-refractivity contribution < 1.29 is 17.3 Å². The summed E-state index contributed by atoms with van der Waals surface area (Å²) in [5.74, 6) is 0.0523. The Morgan fingerprint density at radius 2 is 1.75 bits per heavy atom. The molecule has 0 bridgehead atoms. The maximum atomic E-state index is 14.3. The monoisotopic (exact) mass is 503 g/mol. The Hall–Kier alpha value is -4.22. The highest BCUT2D eigenvalue weighted by Gasteiger charge is 2.23. The molecule has 5 aromatic rings. The van der Waals surface area contributed by atoms with Crippen LogP contribution in [-0.2, 0) is 16.6 Å². The molecule has 182 valence electrons. The molecule has 0 radical (unpaired) electrons. The van der Waals surface area contributed by atoms with E-state index in [-0.39, 0.29) is 17.3 Å². The van der Waals surface area contributed by atoms with Crippen molar-refractivity contribution in [3.8, 4) is 33.8 Å². The molecule has 36 heavy (non-hydrogen) atoms. The highest BCUT2D eigenvalue weighted by atomic mass is 32.2. The van der Waals surface area contributed by atoms with E-state index in [1.165, 1.54) is 23.0 Å². The number of hydrogen-bond acceptors (Lipinski definition) is 7. The number of rotatable bonds is 6. The Morgan fingerprint density at radius 1 is 1.03 bits per heavy atom. The van der Waals surface area contributed by atoms with E-state index in [2.05, 4.69) is 20.5 Å². The van der Waals surface area contributed by atoms with Crippen LogP contribution in [0.5, 0.6) is 0 Å². The predicted molar refractivity (Wildman–Crippen MR) is 131 cm³/mol. The van der Waals surface area contributed by atoms with Crippen LogP contribution in [0.2, 0.25) is 0 Å². The highest BCUT2D eigenvalue weighted by molar-refractivity contribution is 7.89. The average Bonchev–Trinajstić information content (AvgIpc) is 3.52. The zero-order valence-electron chi connectivity index (χ0n) is 19.4. The van der Waals surface area contributed by atoms with Crippen molar-refractivity contribution in [1.29, 1.82) is 0 Å². The quantitative estimate of drug-likeness (QED) is 0.369. The van der Waals surface area contributed by atoms with Crippen LogP contribution in [-0.4, -0.2) is 33.6 Å². The molecular weight excluding hydrogens is 482 g/mol. The number of halogens is 1. The molecule has 0 unspecified atom stereocenters. The maximum absolute atomic E-state index is 14.3. The lowest BCUT2D eigenvalue weighted by Crippen LogP contribution is -2.11. The summed E-state index contributed by atoms with van der Waals surface area (Å²) < 4.78 is 45.0. The largest absolute Gasteiger partial charge is 0.353 e. The second-order valence-corrected chi connectivity index (χ2v) is 9.86. The van der Waals surface area contributed by atoms with Crippen molar-refractivity contribution >= 4 is 10.0 Å². The van der Waals surface area contributed by atoms with E-state index in [9.17, 15) is 12.8 Å². The normalized spacial score (nSPS) is 11.7. The Kier molecular flexibility index (Phi) is 5.94. The van der Waals surface area contributed by atoms with Gasteiger partial charge >= 0.3 is 0 Å². The van der Waals surface area contributed by atoms with Gasteiger partial charge in [0.2, 0.25) is 10.0 Å². The molecule has 3 heterocycles. The molecule has 0 aliphatic carbocycles. The summed E-state index contributed by atoms with van der Waals surface area (Å²) in [6.45, 7) is 3.56. The molecule has 0 atom stereocenters. The molecule has 0 aliphatic rings. The summed E-state index contributed by atoms with van der Waals surface area (Å²) in [4.78, 5) is 4.32. The van der Waals surface area contributed by atoms with E-state index < -0.39 is 10.0 Å². The van der Waals surface area contributed by atoms with Crippen LogP contribution < -0.4 is 5.14 Å². The third-order valence-corrected chi connectivity index (χ3v) is 6.75.